The molecule has 1 aromatic carbocycles. The number of hydrogen-bond acceptors (Lipinski definition) is 14. The van der Waals surface area contributed by atoms with E-state index in [-0.39, 0.29) is 47.6 Å². The number of fused-ring (bicyclic) bond motifs is 4. The SMILES string of the molecule is [2H]C([2H])([2H])n1cc(-c2ccnc(N3CCc4c(sc5c4CCCC5)C3=O)c2CO)cc(Nc2ccc(N3CCN([C@@H]4CCN(c5ccc6c(c5)C(=O)N(C5CCC(=O)NC5=O)C6=O)[C@H](C)C4)C[C@@H]3C)cn2)c1=O. The maximum atomic E-state index is 14.1. The number of benzene rings is 1. The van der Waals surface area contributed by atoms with Gasteiger partial charge in [-0.25, -0.2) is 9.97 Å². The molecule has 0 bridgehead atoms. The molecule has 1 aliphatic carbocycles. The molecule has 1 unspecified atom stereocenters. The van der Waals surface area contributed by atoms with E-state index in [0.29, 0.717) is 51.9 Å². The summed E-state index contributed by atoms with van der Waals surface area (Å²) in [5.41, 5.74) is 5.02. The Hall–Kier alpha value is -6.76. The quantitative estimate of drug-likeness (QED) is 0.164. The molecule has 5 amide bonds. The summed E-state index contributed by atoms with van der Waals surface area (Å²) in [6.45, 7) is 4.57. The van der Waals surface area contributed by atoms with Crippen molar-refractivity contribution >= 4 is 69.6 Å². The molecule has 0 saturated carbocycles. The van der Waals surface area contributed by atoms with E-state index in [4.69, 9.17) is 4.11 Å². The van der Waals surface area contributed by atoms with Crippen LogP contribution in [0.25, 0.3) is 11.1 Å². The van der Waals surface area contributed by atoms with Gasteiger partial charge in [0.05, 0.1) is 34.5 Å². The van der Waals surface area contributed by atoms with Crippen molar-refractivity contribution < 1.29 is 33.2 Å². The van der Waals surface area contributed by atoms with Gasteiger partial charge in [0.15, 0.2) is 0 Å². The summed E-state index contributed by atoms with van der Waals surface area (Å²) in [7, 11) is 0. The van der Waals surface area contributed by atoms with Gasteiger partial charge in [0.2, 0.25) is 11.8 Å². The van der Waals surface area contributed by atoms with E-state index < -0.39 is 48.8 Å². The molecule has 3 N–H and O–H groups in total. The third-order valence-corrected chi connectivity index (χ3v) is 16.5. The highest BCUT2D eigenvalue weighted by Gasteiger charge is 2.45. The lowest BCUT2D eigenvalue weighted by atomic mass is 9.92. The molecule has 4 aromatic heterocycles. The molecule has 0 radical (unpaired) electrons. The van der Waals surface area contributed by atoms with Crippen LogP contribution >= 0.6 is 11.3 Å². The van der Waals surface area contributed by atoms with Gasteiger partial charge >= 0.3 is 0 Å². The summed E-state index contributed by atoms with van der Waals surface area (Å²) >= 11 is 1.56. The zero-order chi connectivity index (χ0) is 51.0. The number of piperidine rings is 2. The zero-order valence-corrected chi connectivity index (χ0v) is 39.9. The largest absolute Gasteiger partial charge is 0.392 e. The van der Waals surface area contributed by atoms with Gasteiger partial charge in [-0.3, -0.25) is 48.8 Å². The predicted molar refractivity (Wildman–Crippen MR) is 266 cm³/mol. The number of amides is 5. The van der Waals surface area contributed by atoms with Gasteiger partial charge in [0.1, 0.15) is 23.4 Å². The lowest BCUT2D eigenvalue weighted by Crippen LogP contribution is -2.58. The number of thiophene rings is 1. The fourth-order valence-corrected chi connectivity index (χ4v) is 13.0. The molecular formula is C52H56N10O7S. The number of pyridine rings is 3. The van der Waals surface area contributed by atoms with Crippen LogP contribution in [0.1, 0.15) is 108 Å². The second-order valence-corrected chi connectivity index (χ2v) is 20.4. The number of carbonyl (C=O) groups is 5. The fourth-order valence-electron chi connectivity index (χ4n) is 11.6. The van der Waals surface area contributed by atoms with E-state index in [1.165, 1.54) is 22.8 Å². The maximum Gasteiger partial charge on any atom is 0.274 e. The van der Waals surface area contributed by atoms with Crippen molar-refractivity contribution in [2.75, 3.05) is 52.7 Å². The standard InChI is InChI=1S/C52H56N10O7S/c1-29-22-32(15-18-59(29)33-8-10-38-39(24-33)50(67)62(49(38)66)42-11-13-45(64)56-48(42)65)58-20-21-60(30(2)26-58)34-9-12-44(54-25-34)55-41-23-31(27-57(3)51(41)68)35-14-17-53-47(40(35)28-63)61-19-16-37-36-6-4-5-7-43(36)70-46(37)52(61)69/h8-10,12,14,17,23-25,27,29-30,32,42,63H,4-7,11,13,15-16,18-22,26,28H2,1-3H3,(H,54,55)(H,56,64,65)/t29-,30+,32-,42?/m1/s1/i3D3. The van der Waals surface area contributed by atoms with Gasteiger partial charge in [0, 0.05) is 102 Å². The second kappa shape index (κ2) is 18.2. The number of aliphatic hydroxyl groups excluding tert-OH is 1. The van der Waals surface area contributed by atoms with Crippen LogP contribution in [0.2, 0.25) is 0 Å². The molecule has 3 saturated heterocycles. The van der Waals surface area contributed by atoms with Crippen molar-refractivity contribution in [3.8, 4) is 11.1 Å². The highest BCUT2D eigenvalue weighted by Crippen LogP contribution is 2.41. The van der Waals surface area contributed by atoms with Crippen LogP contribution in [-0.4, -0.2) is 116 Å². The van der Waals surface area contributed by atoms with Crippen molar-refractivity contribution in [2.24, 2.45) is 6.98 Å². The number of nitrogens with zero attached hydrogens (tertiary/aromatic N) is 8. The summed E-state index contributed by atoms with van der Waals surface area (Å²) < 4.78 is 25.5. The van der Waals surface area contributed by atoms with Gasteiger partial charge in [-0.1, -0.05) is 0 Å². The summed E-state index contributed by atoms with van der Waals surface area (Å²) in [6.07, 6.45) is 11.3. The van der Waals surface area contributed by atoms with E-state index in [9.17, 15) is 33.9 Å². The maximum absolute atomic E-state index is 14.1. The fraction of sp³-hybridized carbons (Fsp3) is 0.423. The molecule has 5 aliphatic heterocycles. The molecule has 11 rings (SSSR count). The highest BCUT2D eigenvalue weighted by atomic mass is 32.1. The Balaban J connectivity index is 0.752. The first-order valence-electron chi connectivity index (χ1n) is 25.8. The highest BCUT2D eigenvalue weighted by molar-refractivity contribution is 7.14. The van der Waals surface area contributed by atoms with E-state index in [1.807, 2.05) is 12.1 Å². The number of imide groups is 2. The van der Waals surface area contributed by atoms with Crippen molar-refractivity contribution in [1.29, 1.82) is 0 Å². The van der Waals surface area contributed by atoms with Gasteiger partial charge < -0.3 is 24.8 Å². The molecule has 70 heavy (non-hydrogen) atoms. The molecule has 6 aliphatic rings. The molecule has 4 atom stereocenters. The summed E-state index contributed by atoms with van der Waals surface area (Å²) in [4.78, 5) is 100.0. The van der Waals surface area contributed by atoms with Crippen LogP contribution in [0.5, 0.6) is 0 Å². The number of aromatic nitrogens is 3. The van der Waals surface area contributed by atoms with Crippen molar-refractivity contribution in [3.05, 3.63) is 109 Å². The molecule has 3 fully saturated rings. The minimum atomic E-state index is -2.83. The summed E-state index contributed by atoms with van der Waals surface area (Å²) in [6, 6.07) is 11.8. The number of carbonyl (C=O) groups excluding carboxylic acids is 5. The van der Waals surface area contributed by atoms with Gasteiger partial charge in [0.25, 0.3) is 23.3 Å². The molecule has 18 heteroatoms. The summed E-state index contributed by atoms with van der Waals surface area (Å²) in [5, 5.41) is 16.2. The molecule has 0 spiro atoms. The van der Waals surface area contributed by atoms with Crippen LogP contribution in [0.3, 0.4) is 0 Å². The average Bonchev–Trinajstić information content (AvgIpc) is 3.88. The molecule has 17 nitrogen and oxygen atoms in total. The third-order valence-electron chi connectivity index (χ3n) is 15.2. The van der Waals surface area contributed by atoms with Crippen molar-refractivity contribution in [1.82, 2.24) is 29.7 Å². The van der Waals surface area contributed by atoms with Crippen LogP contribution in [-0.2, 0) is 42.4 Å². The monoisotopic (exact) mass is 967 g/mol. The number of nitrogens with one attached hydrogen (secondary N) is 2. The number of piperazine rings is 1. The first-order valence-corrected chi connectivity index (χ1v) is 25.1. The number of hydrogen-bond donors (Lipinski definition) is 3. The smallest absolute Gasteiger partial charge is 0.274 e. The lowest BCUT2D eigenvalue weighted by molar-refractivity contribution is -0.136. The number of rotatable bonds is 9. The van der Waals surface area contributed by atoms with Crippen molar-refractivity contribution in [3.63, 3.8) is 0 Å². The molecule has 5 aromatic rings. The Bertz CT molecular complexity index is 3160. The Kier molecular flexibility index (Phi) is 11.0. The molecule has 362 valence electrons. The Morgan fingerprint density at radius 2 is 1.63 bits per heavy atom. The average molecular weight is 968 g/mol. The topological polar surface area (TPSA) is 194 Å². The number of aryl methyl sites for hydroxylation is 2. The van der Waals surface area contributed by atoms with E-state index in [1.54, 1.807) is 52.8 Å². The Morgan fingerprint density at radius 1 is 0.814 bits per heavy atom. The predicted octanol–water partition coefficient (Wildman–Crippen LogP) is 5.19. The van der Waals surface area contributed by atoms with E-state index in [0.717, 1.165) is 91.4 Å². The van der Waals surface area contributed by atoms with E-state index in [2.05, 4.69) is 49.1 Å². The zero-order valence-electron chi connectivity index (χ0n) is 42.1. The van der Waals surface area contributed by atoms with Gasteiger partial charge in [-0.15, -0.1) is 11.3 Å². The molecule has 9 heterocycles. The van der Waals surface area contributed by atoms with Gasteiger partial charge in [-0.05, 0) is 124 Å². The molecular weight excluding hydrogens is 909 g/mol. The second-order valence-electron chi connectivity index (χ2n) is 19.3. The first kappa shape index (κ1) is 42.1. The van der Waals surface area contributed by atoms with E-state index >= 15 is 0 Å². The van der Waals surface area contributed by atoms with Crippen LogP contribution < -0.4 is 30.9 Å². The summed E-state index contributed by atoms with van der Waals surface area (Å²) in [5.74, 6) is -1.62. The Labute approximate surface area is 413 Å². The van der Waals surface area contributed by atoms with Gasteiger partial charge in [-0.2, -0.15) is 0 Å². The lowest BCUT2D eigenvalue weighted by Gasteiger charge is -2.48. The Morgan fingerprint density at radius 3 is 2.40 bits per heavy atom. The van der Waals surface area contributed by atoms with Crippen molar-refractivity contribution in [2.45, 2.75) is 102 Å². The van der Waals surface area contributed by atoms with Crippen LogP contribution in [0, 0.1) is 0 Å². The third kappa shape index (κ3) is 7.95. The minimum absolute atomic E-state index is 0.0302. The number of aliphatic hydroxyl groups is 1. The first-order chi connectivity index (χ1) is 35.1. The van der Waals surface area contributed by atoms with Crippen LogP contribution in [0.15, 0.2) is 65.8 Å². The number of anilines is 5. The normalized spacial score (nSPS) is 23.6. The van der Waals surface area contributed by atoms with Crippen LogP contribution in [0.4, 0.5) is 28.7 Å². The minimum Gasteiger partial charge on any atom is -0.392 e.